The van der Waals surface area contributed by atoms with Crippen LogP contribution in [0.3, 0.4) is 0 Å². The highest BCUT2D eigenvalue weighted by Gasteiger charge is 2.39. The minimum absolute atomic E-state index is 0. The van der Waals surface area contributed by atoms with Gasteiger partial charge in [0, 0.05) is 38.3 Å². The molecule has 1 aromatic carbocycles. The van der Waals surface area contributed by atoms with Gasteiger partial charge in [-0.1, -0.05) is 18.6 Å². The van der Waals surface area contributed by atoms with Crippen LogP contribution in [0.5, 0.6) is 5.75 Å². The van der Waals surface area contributed by atoms with E-state index in [-0.39, 0.29) is 29.5 Å². The molecule has 3 heterocycles. The molecule has 7 nitrogen and oxygen atoms in total. The molecule has 186 valence electrons. The van der Waals surface area contributed by atoms with E-state index in [1.807, 2.05) is 19.2 Å². The van der Waals surface area contributed by atoms with Crippen molar-refractivity contribution in [2.45, 2.75) is 50.1 Å². The van der Waals surface area contributed by atoms with E-state index in [9.17, 15) is 0 Å². The van der Waals surface area contributed by atoms with Crippen molar-refractivity contribution in [2.24, 2.45) is 4.99 Å². The molecular weight excluding hydrogens is 527 g/mol. The maximum atomic E-state index is 5.57. The summed E-state index contributed by atoms with van der Waals surface area (Å²) < 4.78 is 5.57. The molecule has 0 saturated carbocycles. The molecule has 0 spiro atoms. The van der Waals surface area contributed by atoms with E-state index in [1.54, 1.807) is 7.11 Å². The third kappa shape index (κ3) is 6.45. The normalized spacial score (nSPS) is 24.3. The van der Waals surface area contributed by atoms with E-state index >= 15 is 0 Å². The number of para-hydroxylation sites is 2. The Morgan fingerprint density at radius 3 is 2.52 bits per heavy atom. The van der Waals surface area contributed by atoms with Gasteiger partial charge in [0.15, 0.2) is 5.96 Å². The lowest BCUT2D eigenvalue weighted by Crippen LogP contribution is -2.62. The Balaban J connectivity index is 0.00000306. The summed E-state index contributed by atoms with van der Waals surface area (Å²) >= 11 is 0. The largest absolute Gasteiger partial charge is 0.495 e. The number of benzene rings is 1. The third-order valence-corrected chi connectivity index (χ3v) is 7.71. The van der Waals surface area contributed by atoms with Crippen molar-refractivity contribution in [1.82, 2.24) is 20.4 Å². The number of halogens is 1. The highest BCUT2D eigenvalue weighted by Crippen LogP contribution is 2.32. The summed E-state index contributed by atoms with van der Waals surface area (Å²) in [6.45, 7) is 7.81. The van der Waals surface area contributed by atoms with Gasteiger partial charge < -0.3 is 25.2 Å². The molecule has 3 fully saturated rings. The van der Waals surface area contributed by atoms with Gasteiger partial charge in [0.05, 0.1) is 12.8 Å². The van der Waals surface area contributed by atoms with Gasteiger partial charge in [0.1, 0.15) is 5.75 Å². The Bertz CT molecular complexity index is 761. The van der Waals surface area contributed by atoms with Gasteiger partial charge in [0.2, 0.25) is 0 Å². The van der Waals surface area contributed by atoms with Gasteiger partial charge in [-0.05, 0) is 77.5 Å². The number of ether oxygens (including phenoxy) is 1. The van der Waals surface area contributed by atoms with Crippen LogP contribution >= 0.6 is 24.0 Å². The number of aliphatic imine (C=N–C) groups is 1. The van der Waals surface area contributed by atoms with Crippen molar-refractivity contribution in [3.05, 3.63) is 24.3 Å². The number of nitrogens with one attached hydrogen (secondary N) is 2. The molecule has 0 aliphatic carbocycles. The monoisotopic (exact) mass is 570 g/mol. The first-order valence-corrected chi connectivity index (χ1v) is 12.4. The summed E-state index contributed by atoms with van der Waals surface area (Å²) in [5.74, 6) is 1.88. The Hall–Kier alpha value is -1.26. The number of hydrogen-bond acceptors (Lipinski definition) is 5. The molecule has 8 heteroatoms. The van der Waals surface area contributed by atoms with Gasteiger partial charge in [-0.3, -0.25) is 9.89 Å². The maximum Gasteiger partial charge on any atom is 0.191 e. The second-order valence-corrected chi connectivity index (χ2v) is 9.75. The minimum atomic E-state index is 0. The molecule has 0 amide bonds. The zero-order valence-electron chi connectivity index (χ0n) is 20.7. The zero-order chi connectivity index (χ0) is 22.4. The number of rotatable bonds is 6. The molecule has 1 aromatic rings. The molecule has 3 aliphatic rings. The van der Waals surface area contributed by atoms with Crippen molar-refractivity contribution >= 4 is 35.6 Å². The van der Waals surface area contributed by atoms with Crippen molar-refractivity contribution in [3.8, 4) is 5.75 Å². The van der Waals surface area contributed by atoms with Gasteiger partial charge in [0.25, 0.3) is 0 Å². The molecule has 0 aromatic heterocycles. The molecule has 4 rings (SSSR count). The zero-order valence-corrected chi connectivity index (χ0v) is 23.0. The summed E-state index contributed by atoms with van der Waals surface area (Å²) in [4.78, 5) is 12.2. The van der Waals surface area contributed by atoms with Crippen LogP contribution in [-0.2, 0) is 0 Å². The Kier molecular flexibility index (Phi) is 9.94. The predicted molar refractivity (Wildman–Crippen MR) is 148 cm³/mol. The number of nitrogens with zero attached hydrogens (tertiary/aromatic N) is 4. The molecular formula is C25H43IN6O. The van der Waals surface area contributed by atoms with Crippen LogP contribution in [0.2, 0.25) is 0 Å². The average molecular weight is 571 g/mol. The number of guanidine groups is 1. The lowest BCUT2D eigenvalue weighted by Gasteiger charge is -2.50. The first-order chi connectivity index (χ1) is 15.6. The van der Waals surface area contributed by atoms with E-state index in [1.165, 1.54) is 64.0 Å². The Morgan fingerprint density at radius 2 is 1.82 bits per heavy atom. The van der Waals surface area contributed by atoms with E-state index < -0.39 is 0 Å². The summed E-state index contributed by atoms with van der Waals surface area (Å²) in [6.07, 6.45) is 7.63. The summed E-state index contributed by atoms with van der Waals surface area (Å²) in [5, 5.41) is 7.43. The van der Waals surface area contributed by atoms with Gasteiger partial charge in [-0.2, -0.15) is 0 Å². The molecule has 0 radical (unpaired) electrons. The quantitative estimate of drug-likeness (QED) is 0.312. The number of likely N-dealkylation sites (tertiary alicyclic amines) is 2. The van der Waals surface area contributed by atoms with E-state index in [2.05, 4.69) is 49.5 Å². The molecule has 1 unspecified atom stereocenters. The van der Waals surface area contributed by atoms with Gasteiger partial charge in [-0.25, -0.2) is 0 Å². The van der Waals surface area contributed by atoms with Crippen LogP contribution in [0, 0.1) is 0 Å². The fraction of sp³-hybridized carbons (Fsp3) is 0.720. The number of anilines is 1. The maximum absolute atomic E-state index is 5.57. The average Bonchev–Trinajstić information content (AvgIpc) is 3.32. The fourth-order valence-electron chi connectivity index (χ4n) is 5.63. The topological polar surface area (TPSA) is 55.4 Å². The molecule has 3 saturated heterocycles. The predicted octanol–water partition coefficient (Wildman–Crippen LogP) is 3.01. The molecule has 2 N–H and O–H groups in total. The SMILES string of the molecule is CN=C(NCC1(N2CCCCC2)CCN(C)CC1)NC1CCN(c2ccccc2OC)C1.I. The lowest BCUT2D eigenvalue weighted by atomic mass is 9.84. The first kappa shape index (κ1) is 26.3. The molecule has 0 bridgehead atoms. The first-order valence-electron chi connectivity index (χ1n) is 12.4. The van der Waals surface area contributed by atoms with Gasteiger partial charge >= 0.3 is 0 Å². The summed E-state index contributed by atoms with van der Waals surface area (Å²) in [6, 6.07) is 8.69. The summed E-state index contributed by atoms with van der Waals surface area (Å²) in [5.41, 5.74) is 1.43. The van der Waals surface area contributed by atoms with Crippen LogP contribution in [0.1, 0.15) is 38.5 Å². The smallest absolute Gasteiger partial charge is 0.191 e. The van der Waals surface area contributed by atoms with Crippen LogP contribution in [0.25, 0.3) is 0 Å². The van der Waals surface area contributed by atoms with Crippen molar-refractivity contribution in [3.63, 3.8) is 0 Å². The number of piperidine rings is 2. The van der Waals surface area contributed by atoms with Crippen molar-refractivity contribution in [1.29, 1.82) is 0 Å². The van der Waals surface area contributed by atoms with Crippen molar-refractivity contribution < 1.29 is 4.74 Å². The molecule has 1 atom stereocenters. The van der Waals surface area contributed by atoms with E-state index in [0.717, 1.165) is 37.8 Å². The Labute approximate surface area is 217 Å². The highest BCUT2D eigenvalue weighted by atomic mass is 127. The lowest BCUT2D eigenvalue weighted by molar-refractivity contribution is 0.0173. The highest BCUT2D eigenvalue weighted by molar-refractivity contribution is 14.0. The summed E-state index contributed by atoms with van der Waals surface area (Å²) in [7, 11) is 5.89. The Morgan fingerprint density at radius 1 is 1.09 bits per heavy atom. The minimum Gasteiger partial charge on any atom is -0.495 e. The number of methoxy groups -OCH3 is 1. The third-order valence-electron chi connectivity index (χ3n) is 7.71. The standard InChI is InChI=1S/C25H42N6O.HI/c1-26-24(28-21-11-16-30(19-21)22-9-5-6-10-23(22)32-3)27-20-25(12-17-29(2)18-13-25)31-14-7-4-8-15-31;/h5-6,9-10,21H,4,7-8,11-20H2,1-3H3,(H2,26,27,28);1H. The molecule has 3 aliphatic heterocycles. The van der Waals surface area contributed by atoms with E-state index in [0.29, 0.717) is 6.04 Å². The van der Waals surface area contributed by atoms with Crippen LogP contribution < -0.4 is 20.3 Å². The molecule has 33 heavy (non-hydrogen) atoms. The van der Waals surface area contributed by atoms with Crippen LogP contribution in [-0.4, -0.2) is 94.4 Å². The van der Waals surface area contributed by atoms with Crippen LogP contribution in [0.4, 0.5) is 5.69 Å². The van der Waals surface area contributed by atoms with E-state index in [4.69, 9.17) is 4.74 Å². The van der Waals surface area contributed by atoms with Crippen molar-refractivity contribution in [2.75, 3.05) is 71.9 Å². The number of hydrogen-bond donors (Lipinski definition) is 2. The second kappa shape index (κ2) is 12.4. The second-order valence-electron chi connectivity index (χ2n) is 9.75. The fourth-order valence-corrected chi connectivity index (χ4v) is 5.63. The van der Waals surface area contributed by atoms with Gasteiger partial charge in [-0.15, -0.1) is 24.0 Å². The van der Waals surface area contributed by atoms with Crippen LogP contribution in [0.15, 0.2) is 29.3 Å².